The number of ether oxygens (including phenoxy) is 1. The summed E-state index contributed by atoms with van der Waals surface area (Å²) in [7, 11) is 0. The van der Waals surface area contributed by atoms with Crippen LogP contribution in [0, 0.1) is 11.3 Å². The molecule has 1 amide bonds. The first-order valence-electron chi connectivity index (χ1n) is 7.82. The molecule has 1 atom stereocenters. The first kappa shape index (κ1) is 16.4. The predicted molar refractivity (Wildman–Crippen MR) is 85.1 cm³/mol. The molecule has 1 aromatic rings. The summed E-state index contributed by atoms with van der Waals surface area (Å²) in [5, 5.41) is 9.35. The van der Waals surface area contributed by atoms with E-state index in [1.807, 2.05) is 51.1 Å². The van der Waals surface area contributed by atoms with E-state index in [2.05, 4.69) is 6.07 Å². The molecule has 1 aliphatic heterocycles. The number of likely N-dealkylation sites (tertiary alicyclic amines) is 1. The second-order valence-electron chi connectivity index (χ2n) is 6.82. The molecule has 22 heavy (non-hydrogen) atoms. The normalized spacial score (nSPS) is 22.0. The minimum Gasteiger partial charge on any atom is -0.444 e. The second-order valence-corrected chi connectivity index (χ2v) is 6.82. The molecule has 4 nitrogen and oxygen atoms in total. The van der Waals surface area contributed by atoms with E-state index in [4.69, 9.17) is 4.74 Å². The fourth-order valence-corrected chi connectivity index (χ4v) is 3.08. The van der Waals surface area contributed by atoms with E-state index in [-0.39, 0.29) is 12.5 Å². The molecule has 4 heteroatoms. The van der Waals surface area contributed by atoms with Gasteiger partial charge >= 0.3 is 6.09 Å². The Morgan fingerprint density at radius 3 is 2.59 bits per heavy atom. The molecule has 0 saturated carbocycles. The van der Waals surface area contributed by atoms with Gasteiger partial charge in [-0.25, -0.2) is 4.79 Å². The van der Waals surface area contributed by atoms with Crippen molar-refractivity contribution in [2.75, 3.05) is 6.54 Å². The summed E-state index contributed by atoms with van der Waals surface area (Å²) >= 11 is 0. The highest BCUT2D eigenvalue weighted by atomic mass is 16.6. The molecule has 2 rings (SSSR count). The Labute approximate surface area is 132 Å². The van der Waals surface area contributed by atoms with Gasteiger partial charge in [0.05, 0.1) is 18.0 Å². The van der Waals surface area contributed by atoms with Gasteiger partial charge in [-0.1, -0.05) is 30.3 Å². The third-order valence-corrected chi connectivity index (χ3v) is 4.04. The SMILES string of the molecule is CC(C)(C)OC(=O)N1CCCCC1(CC#N)c1ccccc1. The lowest BCUT2D eigenvalue weighted by atomic mass is 9.78. The fourth-order valence-electron chi connectivity index (χ4n) is 3.08. The van der Waals surface area contributed by atoms with E-state index in [1.165, 1.54) is 0 Å². The molecule has 0 N–H and O–H groups in total. The minimum absolute atomic E-state index is 0.288. The number of nitrogens with zero attached hydrogens (tertiary/aromatic N) is 2. The smallest absolute Gasteiger partial charge is 0.411 e. The molecule has 1 unspecified atom stereocenters. The summed E-state index contributed by atoms with van der Waals surface area (Å²) in [6, 6.07) is 12.1. The van der Waals surface area contributed by atoms with Crippen LogP contribution in [0.4, 0.5) is 4.79 Å². The van der Waals surface area contributed by atoms with Crippen molar-refractivity contribution in [3.8, 4) is 6.07 Å². The van der Waals surface area contributed by atoms with Gasteiger partial charge in [0.2, 0.25) is 0 Å². The summed E-state index contributed by atoms with van der Waals surface area (Å²) in [6.07, 6.45) is 2.71. The molecule has 1 heterocycles. The van der Waals surface area contributed by atoms with Crippen LogP contribution in [0.5, 0.6) is 0 Å². The molecule has 0 aromatic heterocycles. The molecule has 1 aliphatic rings. The highest BCUT2D eigenvalue weighted by Gasteiger charge is 2.44. The Balaban J connectivity index is 2.40. The van der Waals surface area contributed by atoms with Crippen molar-refractivity contribution in [1.29, 1.82) is 5.26 Å². The van der Waals surface area contributed by atoms with Gasteiger partial charge < -0.3 is 4.74 Å². The van der Waals surface area contributed by atoms with Gasteiger partial charge in [-0.2, -0.15) is 5.26 Å². The molecule has 118 valence electrons. The summed E-state index contributed by atoms with van der Waals surface area (Å²) in [6.45, 7) is 6.22. The number of piperidine rings is 1. The summed E-state index contributed by atoms with van der Waals surface area (Å²) < 4.78 is 5.58. The second kappa shape index (κ2) is 6.39. The van der Waals surface area contributed by atoms with E-state index >= 15 is 0 Å². The third kappa shape index (κ3) is 3.41. The number of nitriles is 1. The van der Waals surface area contributed by atoms with E-state index in [0.29, 0.717) is 6.54 Å². The zero-order chi connectivity index (χ0) is 16.2. The first-order valence-corrected chi connectivity index (χ1v) is 7.82. The van der Waals surface area contributed by atoms with E-state index < -0.39 is 11.1 Å². The third-order valence-electron chi connectivity index (χ3n) is 4.04. The molecule has 0 aliphatic carbocycles. The largest absolute Gasteiger partial charge is 0.444 e. The van der Waals surface area contributed by atoms with Gasteiger partial charge in [0.1, 0.15) is 5.60 Å². The number of amides is 1. The minimum atomic E-state index is -0.573. The van der Waals surface area contributed by atoms with Crippen molar-refractivity contribution < 1.29 is 9.53 Å². The molecule has 1 aromatic carbocycles. The Bertz CT molecular complexity index is 557. The Hall–Kier alpha value is -2.02. The maximum atomic E-state index is 12.7. The number of carbonyl (C=O) groups is 1. The Morgan fingerprint density at radius 1 is 1.32 bits per heavy atom. The monoisotopic (exact) mass is 300 g/mol. The Morgan fingerprint density at radius 2 is 2.00 bits per heavy atom. The van der Waals surface area contributed by atoms with E-state index in [1.54, 1.807) is 4.90 Å². The summed E-state index contributed by atoms with van der Waals surface area (Å²) in [5.74, 6) is 0. The van der Waals surface area contributed by atoms with Crippen LogP contribution in [0.3, 0.4) is 0 Å². The van der Waals surface area contributed by atoms with Crippen molar-refractivity contribution in [3.05, 3.63) is 35.9 Å². The predicted octanol–water partition coefficient (Wildman–Crippen LogP) is 4.22. The van der Waals surface area contributed by atoms with Crippen LogP contribution < -0.4 is 0 Å². The zero-order valence-electron chi connectivity index (χ0n) is 13.6. The molecule has 0 bridgehead atoms. The van der Waals surface area contributed by atoms with Crippen molar-refractivity contribution in [1.82, 2.24) is 4.90 Å². The fraction of sp³-hybridized carbons (Fsp3) is 0.556. The average Bonchev–Trinajstić information content (AvgIpc) is 2.47. The number of benzene rings is 1. The molecule has 0 spiro atoms. The molecule has 1 saturated heterocycles. The van der Waals surface area contributed by atoms with Crippen LogP contribution in [0.15, 0.2) is 30.3 Å². The van der Waals surface area contributed by atoms with Gasteiger partial charge in [0.15, 0.2) is 0 Å². The average molecular weight is 300 g/mol. The van der Waals surface area contributed by atoms with Gasteiger partial charge in [-0.3, -0.25) is 4.90 Å². The molecule has 1 fully saturated rings. The topological polar surface area (TPSA) is 53.3 Å². The Kier molecular flexibility index (Phi) is 4.75. The maximum Gasteiger partial charge on any atom is 0.411 e. The van der Waals surface area contributed by atoms with Crippen molar-refractivity contribution >= 4 is 6.09 Å². The van der Waals surface area contributed by atoms with Gasteiger partial charge in [0, 0.05) is 6.54 Å². The number of hydrogen-bond donors (Lipinski definition) is 0. The van der Waals surface area contributed by atoms with Crippen LogP contribution >= 0.6 is 0 Å². The van der Waals surface area contributed by atoms with E-state index in [0.717, 1.165) is 24.8 Å². The van der Waals surface area contributed by atoms with E-state index in [9.17, 15) is 10.1 Å². The number of carbonyl (C=O) groups excluding carboxylic acids is 1. The lowest BCUT2D eigenvalue weighted by Crippen LogP contribution is -2.53. The lowest BCUT2D eigenvalue weighted by Gasteiger charge is -2.46. The van der Waals surface area contributed by atoms with Crippen molar-refractivity contribution in [2.24, 2.45) is 0 Å². The van der Waals surface area contributed by atoms with Crippen LogP contribution in [-0.2, 0) is 10.3 Å². The zero-order valence-corrected chi connectivity index (χ0v) is 13.6. The standard InChI is InChI=1S/C18H24N2O2/c1-17(2,3)22-16(21)20-14-8-7-11-18(20,12-13-19)15-9-5-4-6-10-15/h4-6,9-10H,7-8,11-12,14H2,1-3H3. The van der Waals surface area contributed by atoms with Gasteiger partial charge in [-0.05, 0) is 45.6 Å². The van der Waals surface area contributed by atoms with Crippen LogP contribution in [0.25, 0.3) is 0 Å². The quantitative estimate of drug-likeness (QED) is 0.821. The van der Waals surface area contributed by atoms with Crippen LogP contribution in [0.2, 0.25) is 0 Å². The van der Waals surface area contributed by atoms with Crippen LogP contribution in [0.1, 0.15) is 52.0 Å². The maximum absolute atomic E-state index is 12.7. The van der Waals surface area contributed by atoms with Crippen molar-refractivity contribution in [3.63, 3.8) is 0 Å². The summed E-state index contributed by atoms with van der Waals surface area (Å²) in [4.78, 5) is 14.4. The van der Waals surface area contributed by atoms with Gasteiger partial charge in [-0.15, -0.1) is 0 Å². The summed E-state index contributed by atoms with van der Waals surface area (Å²) in [5.41, 5.74) is -0.0951. The van der Waals surface area contributed by atoms with Crippen molar-refractivity contribution in [2.45, 2.75) is 57.6 Å². The highest BCUT2D eigenvalue weighted by molar-refractivity contribution is 5.70. The number of hydrogen-bond acceptors (Lipinski definition) is 3. The first-order chi connectivity index (χ1) is 10.4. The highest BCUT2D eigenvalue weighted by Crippen LogP contribution is 2.41. The molecular weight excluding hydrogens is 276 g/mol. The molecule has 0 radical (unpaired) electrons. The lowest BCUT2D eigenvalue weighted by molar-refractivity contribution is -0.0166. The van der Waals surface area contributed by atoms with Gasteiger partial charge in [0.25, 0.3) is 0 Å². The van der Waals surface area contributed by atoms with Crippen LogP contribution in [-0.4, -0.2) is 23.1 Å². The molecular formula is C18H24N2O2. The number of rotatable bonds is 2.